The molecule has 1 aromatic heterocycles. The zero-order valence-corrected chi connectivity index (χ0v) is 11.2. The van der Waals surface area contributed by atoms with Gasteiger partial charge in [-0.1, -0.05) is 16.9 Å². The molecule has 0 N–H and O–H groups in total. The number of halogens is 2. The van der Waals surface area contributed by atoms with Gasteiger partial charge in [0.2, 0.25) is 5.92 Å². The van der Waals surface area contributed by atoms with E-state index in [2.05, 4.69) is 10.2 Å². The monoisotopic (exact) mass is 292 g/mol. The van der Waals surface area contributed by atoms with Crippen molar-refractivity contribution in [2.24, 2.45) is 5.92 Å². The van der Waals surface area contributed by atoms with E-state index in [1.54, 1.807) is 6.92 Å². The second kappa shape index (κ2) is 5.85. The first-order chi connectivity index (χ1) is 9.00. The number of ether oxygens (including phenoxy) is 1. The summed E-state index contributed by atoms with van der Waals surface area (Å²) in [7, 11) is 0. The van der Waals surface area contributed by atoms with Gasteiger partial charge in [-0.05, 0) is 19.3 Å². The van der Waals surface area contributed by atoms with Crippen LogP contribution in [0.5, 0.6) is 0 Å². The molecule has 0 saturated heterocycles. The van der Waals surface area contributed by atoms with Gasteiger partial charge in [-0.15, -0.1) is 5.10 Å². The van der Waals surface area contributed by atoms with E-state index >= 15 is 0 Å². The number of alkyl halides is 2. The Morgan fingerprint density at radius 2 is 2.37 bits per heavy atom. The van der Waals surface area contributed by atoms with Gasteiger partial charge in [0.05, 0.1) is 6.61 Å². The Balaban J connectivity index is 1.82. The average molecular weight is 292 g/mol. The molecule has 1 fully saturated rings. The zero-order valence-electron chi connectivity index (χ0n) is 10.4. The van der Waals surface area contributed by atoms with Crippen LogP contribution in [0.4, 0.5) is 8.78 Å². The fourth-order valence-corrected chi connectivity index (χ4v) is 2.82. The van der Waals surface area contributed by atoms with Crippen molar-refractivity contribution in [3.8, 4) is 0 Å². The second-order valence-corrected chi connectivity index (χ2v) is 5.34. The minimum Gasteiger partial charge on any atom is -0.459 e. The van der Waals surface area contributed by atoms with Crippen molar-refractivity contribution < 1.29 is 22.7 Å². The second-order valence-electron chi connectivity index (χ2n) is 4.37. The smallest absolute Gasteiger partial charge is 0.396 e. The van der Waals surface area contributed by atoms with E-state index in [1.807, 2.05) is 0 Å². The number of carbonyl (C=O) groups excluding carboxylic acids is 1. The summed E-state index contributed by atoms with van der Waals surface area (Å²) in [6.07, 6.45) is 0.341. The number of hydrogen-bond acceptors (Lipinski definition) is 6. The van der Waals surface area contributed by atoms with Gasteiger partial charge in [-0.25, -0.2) is 13.6 Å². The molecule has 1 saturated carbocycles. The molecule has 1 atom stereocenters. The topological polar surface area (TPSA) is 65.2 Å². The number of hydrogen-bond donors (Lipinski definition) is 0. The Hall–Kier alpha value is -1.18. The van der Waals surface area contributed by atoms with Gasteiger partial charge in [-0.3, -0.25) is 0 Å². The molecule has 0 aromatic carbocycles. The molecule has 1 unspecified atom stereocenters. The lowest BCUT2D eigenvalue weighted by Crippen LogP contribution is -2.10. The van der Waals surface area contributed by atoms with Crippen LogP contribution in [0.2, 0.25) is 0 Å². The number of nitrogens with zero attached hydrogens (tertiary/aromatic N) is 2. The van der Waals surface area contributed by atoms with Crippen LogP contribution in [-0.2, 0) is 4.74 Å². The van der Waals surface area contributed by atoms with Gasteiger partial charge in [0.25, 0.3) is 5.22 Å². The highest BCUT2D eigenvalue weighted by Gasteiger charge is 2.39. The number of esters is 1. The van der Waals surface area contributed by atoms with Gasteiger partial charge in [0, 0.05) is 18.6 Å². The highest BCUT2D eigenvalue weighted by Crippen LogP contribution is 2.40. The van der Waals surface area contributed by atoms with Gasteiger partial charge in [0.1, 0.15) is 0 Å². The Kier molecular flexibility index (Phi) is 4.38. The molecule has 1 aliphatic carbocycles. The summed E-state index contributed by atoms with van der Waals surface area (Å²) in [6.45, 7) is 1.89. The number of aromatic nitrogens is 2. The van der Waals surface area contributed by atoms with E-state index in [0.29, 0.717) is 12.2 Å². The summed E-state index contributed by atoms with van der Waals surface area (Å²) in [5.74, 6) is -3.00. The highest BCUT2D eigenvalue weighted by atomic mass is 32.2. The van der Waals surface area contributed by atoms with E-state index < -0.39 is 11.9 Å². The SMILES string of the molecule is CCOC(=O)c1nnc(SCC2CCC(F)(F)C2)o1. The summed E-state index contributed by atoms with van der Waals surface area (Å²) < 4.78 is 35.8. The van der Waals surface area contributed by atoms with Gasteiger partial charge >= 0.3 is 11.9 Å². The number of thioether (sulfide) groups is 1. The average Bonchev–Trinajstić information content (AvgIpc) is 2.93. The lowest BCUT2D eigenvalue weighted by molar-refractivity contribution is 0.00594. The van der Waals surface area contributed by atoms with E-state index in [4.69, 9.17) is 9.15 Å². The van der Waals surface area contributed by atoms with Crippen LogP contribution >= 0.6 is 11.8 Å². The van der Waals surface area contributed by atoms with Crippen LogP contribution in [0.3, 0.4) is 0 Å². The van der Waals surface area contributed by atoms with Crippen LogP contribution in [-0.4, -0.2) is 34.4 Å². The third-order valence-corrected chi connectivity index (χ3v) is 3.85. The van der Waals surface area contributed by atoms with Crippen molar-refractivity contribution in [1.82, 2.24) is 10.2 Å². The van der Waals surface area contributed by atoms with Crippen molar-refractivity contribution in [1.29, 1.82) is 0 Å². The maximum absolute atomic E-state index is 13.0. The molecular formula is C11H14F2N2O3S. The fourth-order valence-electron chi connectivity index (χ4n) is 1.92. The third kappa shape index (κ3) is 3.89. The molecule has 0 amide bonds. The molecule has 1 heterocycles. The maximum atomic E-state index is 13.0. The summed E-state index contributed by atoms with van der Waals surface area (Å²) >= 11 is 1.19. The molecule has 0 spiro atoms. The Bertz CT molecular complexity index is 453. The molecule has 0 aliphatic heterocycles. The number of rotatable bonds is 5. The summed E-state index contributed by atoms with van der Waals surface area (Å²) in [6, 6.07) is 0. The highest BCUT2D eigenvalue weighted by molar-refractivity contribution is 7.99. The van der Waals surface area contributed by atoms with Crippen LogP contribution in [0.15, 0.2) is 9.64 Å². The van der Waals surface area contributed by atoms with Gasteiger partial charge in [-0.2, -0.15) is 0 Å². The number of carbonyl (C=O) groups is 1. The largest absolute Gasteiger partial charge is 0.459 e. The van der Waals surface area contributed by atoms with E-state index in [0.717, 1.165) is 0 Å². The molecule has 106 valence electrons. The first-order valence-corrected chi connectivity index (χ1v) is 7.00. The molecular weight excluding hydrogens is 278 g/mol. The Labute approximate surface area is 113 Å². The van der Waals surface area contributed by atoms with Gasteiger partial charge in [0.15, 0.2) is 0 Å². The minimum atomic E-state index is -2.55. The summed E-state index contributed by atoms with van der Waals surface area (Å²) in [5.41, 5.74) is 0. The Morgan fingerprint density at radius 1 is 1.58 bits per heavy atom. The molecule has 8 heteroatoms. The first kappa shape index (κ1) is 14.2. The normalized spacial score (nSPS) is 21.5. The molecule has 0 bridgehead atoms. The zero-order chi connectivity index (χ0) is 13.9. The van der Waals surface area contributed by atoms with Crippen LogP contribution in [0.25, 0.3) is 0 Å². The van der Waals surface area contributed by atoms with Crippen molar-refractivity contribution in [3.63, 3.8) is 0 Å². The van der Waals surface area contributed by atoms with E-state index in [1.165, 1.54) is 11.8 Å². The van der Waals surface area contributed by atoms with Crippen LogP contribution < -0.4 is 0 Å². The Morgan fingerprint density at radius 3 is 3.00 bits per heavy atom. The van der Waals surface area contributed by atoms with E-state index in [9.17, 15) is 13.6 Å². The van der Waals surface area contributed by atoms with E-state index in [-0.39, 0.29) is 36.5 Å². The quantitative estimate of drug-likeness (QED) is 0.614. The fraction of sp³-hybridized carbons (Fsp3) is 0.727. The van der Waals surface area contributed by atoms with Crippen LogP contribution in [0, 0.1) is 5.92 Å². The maximum Gasteiger partial charge on any atom is 0.396 e. The minimum absolute atomic E-state index is 0.0575. The molecule has 5 nitrogen and oxygen atoms in total. The summed E-state index contributed by atoms with van der Waals surface area (Å²) in [4.78, 5) is 11.3. The van der Waals surface area contributed by atoms with Crippen molar-refractivity contribution in [2.45, 2.75) is 37.3 Å². The molecule has 2 rings (SSSR count). The lowest BCUT2D eigenvalue weighted by Gasteiger charge is -2.08. The summed E-state index contributed by atoms with van der Waals surface area (Å²) in [5, 5.41) is 7.43. The predicted molar refractivity (Wildman–Crippen MR) is 63.3 cm³/mol. The molecule has 0 radical (unpaired) electrons. The van der Waals surface area contributed by atoms with Gasteiger partial charge < -0.3 is 9.15 Å². The molecule has 1 aliphatic rings. The van der Waals surface area contributed by atoms with Crippen molar-refractivity contribution in [3.05, 3.63) is 5.89 Å². The van der Waals surface area contributed by atoms with Crippen molar-refractivity contribution in [2.75, 3.05) is 12.4 Å². The third-order valence-electron chi connectivity index (χ3n) is 2.80. The van der Waals surface area contributed by atoms with Crippen LogP contribution in [0.1, 0.15) is 36.9 Å². The molecule has 1 aromatic rings. The lowest BCUT2D eigenvalue weighted by atomic mass is 10.1. The molecule has 19 heavy (non-hydrogen) atoms. The standard InChI is InChI=1S/C11H14F2N2O3S/c1-2-17-9(16)8-14-15-10(18-8)19-6-7-3-4-11(12,13)5-7/h7H,2-6H2,1H3. The first-order valence-electron chi connectivity index (χ1n) is 6.01. The van der Waals surface area contributed by atoms with Crippen molar-refractivity contribution >= 4 is 17.7 Å². The predicted octanol–water partition coefficient (Wildman–Crippen LogP) is 2.77.